The molecule has 1 aliphatic heterocycles. The zero-order valence-corrected chi connectivity index (χ0v) is 7.43. The Kier molecular flexibility index (Phi) is 1.81. The number of fused-ring (bicyclic) bond motifs is 5. The summed E-state index contributed by atoms with van der Waals surface area (Å²) in [6.07, 6.45) is 5.23. The minimum absolute atomic E-state index is 0. The van der Waals surface area contributed by atoms with E-state index in [1.807, 2.05) is 0 Å². The van der Waals surface area contributed by atoms with Gasteiger partial charge in [0.1, 0.15) is 0 Å². The lowest BCUT2D eigenvalue weighted by Gasteiger charge is -2.14. The molecular weight excluding hydrogens is 178 g/mol. The van der Waals surface area contributed by atoms with Gasteiger partial charge in [-0.2, -0.15) is 0 Å². The van der Waals surface area contributed by atoms with E-state index < -0.39 is 0 Å². The molecule has 76 valence electrons. The fraction of sp³-hybridized carbons (Fsp3) is 0.636. The molecule has 4 atom stereocenters. The first-order valence-electron chi connectivity index (χ1n) is 4.70. The van der Waals surface area contributed by atoms with Gasteiger partial charge in [-0.25, -0.2) is 0 Å². The van der Waals surface area contributed by atoms with Crippen molar-refractivity contribution in [2.45, 2.75) is 13.8 Å². The van der Waals surface area contributed by atoms with Crippen molar-refractivity contribution in [2.24, 2.45) is 23.7 Å². The van der Waals surface area contributed by atoms with Crippen LogP contribution in [0.15, 0.2) is 12.2 Å². The van der Waals surface area contributed by atoms with Gasteiger partial charge < -0.3 is 0 Å². The highest BCUT2D eigenvalue weighted by Crippen LogP contribution is 2.52. The van der Waals surface area contributed by atoms with E-state index in [0.29, 0.717) is 11.8 Å². The van der Waals surface area contributed by atoms with Crippen LogP contribution in [-0.2, 0) is 9.59 Å². The number of rotatable bonds is 0. The first-order valence-corrected chi connectivity index (χ1v) is 4.70. The molecule has 2 fully saturated rings. The summed E-state index contributed by atoms with van der Waals surface area (Å²) in [5, 5.41) is 0. The standard InChI is InChI=1S/C10H11NO2.CH4/c1-11-9(12)7-5-2-3-6(4-5)8(7)10(11)13;/h2-3,5-8H,4H2,1H3;1H4. The molecule has 1 heterocycles. The molecule has 0 aromatic rings. The van der Waals surface area contributed by atoms with Crippen LogP contribution < -0.4 is 0 Å². The van der Waals surface area contributed by atoms with E-state index in [0.717, 1.165) is 6.42 Å². The van der Waals surface area contributed by atoms with Gasteiger partial charge in [0.2, 0.25) is 11.8 Å². The molecule has 3 aliphatic rings. The van der Waals surface area contributed by atoms with Crippen molar-refractivity contribution in [1.82, 2.24) is 4.90 Å². The molecule has 1 saturated carbocycles. The Morgan fingerprint density at radius 1 is 1.14 bits per heavy atom. The molecule has 0 aromatic heterocycles. The SMILES string of the molecule is C.CN1C(=O)C2C3C=CC(C3)C2C1=O. The number of carbonyl (C=O) groups is 2. The minimum atomic E-state index is -0.0208. The third kappa shape index (κ3) is 0.825. The summed E-state index contributed by atoms with van der Waals surface area (Å²) in [5.74, 6) is 0.714. The fourth-order valence-corrected chi connectivity index (χ4v) is 3.05. The second-order valence-electron chi connectivity index (χ2n) is 4.24. The van der Waals surface area contributed by atoms with Crippen LogP contribution in [0, 0.1) is 23.7 Å². The summed E-state index contributed by atoms with van der Waals surface area (Å²) >= 11 is 0. The molecule has 0 N–H and O–H groups in total. The van der Waals surface area contributed by atoms with E-state index in [-0.39, 0.29) is 31.1 Å². The highest BCUT2D eigenvalue weighted by atomic mass is 16.2. The second kappa shape index (κ2) is 2.69. The van der Waals surface area contributed by atoms with Crippen molar-refractivity contribution >= 4 is 11.8 Å². The van der Waals surface area contributed by atoms with Crippen LogP contribution in [0.4, 0.5) is 0 Å². The van der Waals surface area contributed by atoms with Gasteiger partial charge >= 0.3 is 0 Å². The molecule has 14 heavy (non-hydrogen) atoms. The van der Waals surface area contributed by atoms with E-state index in [1.54, 1.807) is 7.05 Å². The maximum atomic E-state index is 11.7. The Morgan fingerprint density at radius 2 is 1.57 bits per heavy atom. The van der Waals surface area contributed by atoms with Gasteiger partial charge in [-0.3, -0.25) is 14.5 Å². The van der Waals surface area contributed by atoms with E-state index in [9.17, 15) is 9.59 Å². The zero-order valence-electron chi connectivity index (χ0n) is 7.43. The number of carbonyl (C=O) groups excluding carboxylic acids is 2. The Balaban J connectivity index is 0.000000750. The molecule has 2 aliphatic carbocycles. The maximum Gasteiger partial charge on any atom is 0.233 e. The second-order valence-corrected chi connectivity index (χ2v) is 4.24. The van der Waals surface area contributed by atoms with Crippen molar-refractivity contribution < 1.29 is 9.59 Å². The van der Waals surface area contributed by atoms with Crippen LogP contribution >= 0.6 is 0 Å². The molecule has 2 bridgehead atoms. The molecular formula is C11H15NO2. The molecule has 1 saturated heterocycles. The van der Waals surface area contributed by atoms with Gasteiger partial charge in [-0.05, 0) is 18.3 Å². The average Bonchev–Trinajstić information content (AvgIpc) is 2.76. The summed E-state index contributed by atoms with van der Waals surface area (Å²) in [6.45, 7) is 0. The molecule has 3 rings (SSSR count). The Morgan fingerprint density at radius 3 is 2.00 bits per heavy atom. The predicted octanol–water partition coefficient (Wildman–Crippen LogP) is 1.06. The van der Waals surface area contributed by atoms with Gasteiger partial charge in [-0.15, -0.1) is 0 Å². The lowest BCUT2D eigenvalue weighted by Crippen LogP contribution is -2.28. The normalized spacial score (nSPS) is 43.1. The van der Waals surface area contributed by atoms with Crippen LogP contribution in [-0.4, -0.2) is 23.8 Å². The van der Waals surface area contributed by atoms with Crippen molar-refractivity contribution in [3.05, 3.63) is 12.2 Å². The highest BCUT2D eigenvalue weighted by molar-refractivity contribution is 6.06. The summed E-state index contributed by atoms with van der Waals surface area (Å²) in [5.41, 5.74) is 0. The first-order chi connectivity index (χ1) is 6.20. The number of allylic oxidation sites excluding steroid dienone is 2. The fourth-order valence-electron chi connectivity index (χ4n) is 3.05. The van der Waals surface area contributed by atoms with E-state index in [2.05, 4.69) is 12.2 Å². The molecule has 3 nitrogen and oxygen atoms in total. The van der Waals surface area contributed by atoms with Crippen LogP contribution in [0.25, 0.3) is 0 Å². The smallest absolute Gasteiger partial charge is 0.233 e. The molecule has 3 heteroatoms. The van der Waals surface area contributed by atoms with Crippen LogP contribution in [0.5, 0.6) is 0 Å². The Bertz CT molecular complexity index is 304. The van der Waals surface area contributed by atoms with Gasteiger partial charge in [0.15, 0.2) is 0 Å². The number of nitrogens with zero attached hydrogens (tertiary/aromatic N) is 1. The third-order valence-electron chi connectivity index (χ3n) is 3.69. The van der Waals surface area contributed by atoms with Gasteiger partial charge in [0, 0.05) is 7.05 Å². The van der Waals surface area contributed by atoms with Crippen LogP contribution in [0.3, 0.4) is 0 Å². The van der Waals surface area contributed by atoms with Crippen molar-refractivity contribution in [3.8, 4) is 0 Å². The largest absolute Gasteiger partial charge is 0.285 e. The first kappa shape index (κ1) is 9.44. The summed E-state index contributed by atoms with van der Waals surface area (Å²) < 4.78 is 0. The van der Waals surface area contributed by atoms with Crippen LogP contribution in [0.1, 0.15) is 13.8 Å². The average molecular weight is 193 g/mol. The Hall–Kier alpha value is -1.12. The summed E-state index contributed by atoms with van der Waals surface area (Å²) in [4.78, 5) is 24.6. The zero-order chi connectivity index (χ0) is 9.16. The van der Waals surface area contributed by atoms with Crippen LogP contribution in [0.2, 0.25) is 0 Å². The van der Waals surface area contributed by atoms with Gasteiger partial charge in [-0.1, -0.05) is 19.6 Å². The van der Waals surface area contributed by atoms with Crippen molar-refractivity contribution in [3.63, 3.8) is 0 Å². The van der Waals surface area contributed by atoms with Gasteiger partial charge in [0.05, 0.1) is 11.8 Å². The highest BCUT2D eigenvalue weighted by Gasteiger charge is 2.58. The number of hydrogen-bond acceptors (Lipinski definition) is 2. The van der Waals surface area contributed by atoms with Gasteiger partial charge in [0.25, 0.3) is 0 Å². The number of hydrogen-bond donors (Lipinski definition) is 0. The lowest BCUT2D eigenvalue weighted by atomic mass is 9.85. The maximum absolute atomic E-state index is 11.7. The Labute approximate surface area is 83.8 Å². The van der Waals surface area contributed by atoms with E-state index in [4.69, 9.17) is 0 Å². The van der Waals surface area contributed by atoms with Crippen molar-refractivity contribution in [1.29, 1.82) is 0 Å². The van der Waals surface area contributed by atoms with E-state index in [1.165, 1.54) is 4.90 Å². The van der Waals surface area contributed by atoms with E-state index >= 15 is 0 Å². The summed E-state index contributed by atoms with van der Waals surface area (Å²) in [6, 6.07) is 0. The monoisotopic (exact) mass is 193 g/mol. The lowest BCUT2D eigenvalue weighted by molar-refractivity contribution is -0.138. The number of likely N-dealkylation sites (tertiary alicyclic amines) is 1. The number of imide groups is 1. The summed E-state index contributed by atoms with van der Waals surface area (Å²) in [7, 11) is 1.60. The molecule has 4 unspecified atom stereocenters. The molecule has 2 amide bonds. The number of amides is 2. The molecule has 0 aromatic carbocycles. The molecule has 0 radical (unpaired) electrons. The third-order valence-corrected chi connectivity index (χ3v) is 3.69. The molecule has 0 spiro atoms. The topological polar surface area (TPSA) is 37.4 Å². The quantitative estimate of drug-likeness (QED) is 0.426. The minimum Gasteiger partial charge on any atom is -0.285 e. The predicted molar refractivity (Wildman–Crippen MR) is 52.2 cm³/mol. The van der Waals surface area contributed by atoms with Crippen molar-refractivity contribution in [2.75, 3.05) is 7.05 Å².